The molecule has 5 atom stereocenters. The highest BCUT2D eigenvalue weighted by molar-refractivity contribution is 9.10. The van der Waals surface area contributed by atoms with Crippen molar-refractivity contribution in [3.63, 3.8) is 0 Å². The molecule has 1 unspecified atom stereocenters. The molecule has 7 rings (SSSR count). The number of carbonyl (C=O) groups is 1. The lowest BCUT2D eigenvalue weighted by atomic mass is 9.82. The molecule has 252 valence electrons. The average molecular weight is 738 g/mol. The Morgan fingerprint density at radius 3 is 2.37 bits per heavy atom. The van der Waals surface area contributed by atoms with E-state index in [1.807, 2.05) is 101 Å². The first kappa shape index (κ1) is 33.4. The van der Waals surface area contributed by atoms with Gasteiger partial charge >= 0.3 is 0 Å². The van der Waals surface area contributed by atoms with Gasteiger partial charge in [-0.3, -0.25) is 14.4 Å². The molecule has 0 saturated carbocycles. The fraction of sp³-hybridized carbons (Fsp3) is 0.308. The summed E-state index contributed by atoms with van der Waals surface area (Å²) in [5.41, 5.74) is 3.21. The zero-order valence-corrected chi connectivity index (χ0v) is 30.7. The Kier molecular flexibility index (Phi) is 9.08. The molecule has 4 aromatic carbocycles. The van der Waals surface area contributed by atoms with Gasteiger partial charge in [-0.1, -0.05) is 107 Å². The highest BCUT2D eigenvalue weighted by Gasteiger charge is 2.66. The number of aromatic nitrogens is 3. The number of aliphatic hydroxyl groups excluding tert-OH is 1. The lowest BCUT2D eigenvalue weighted by Crippen LogP contribution is -2.51. The number of carbonyl (C=O) groups excluding carboxylic acids is 1. The summed E-state index contributed by atoms with van der Waals surface area (Å²) in [6, 6.07) is 34.2. The van der Waals surface area contributed by atoms with E-state index in [9.17, 15) is 5.11 Å². The molecule has 49 heavy (non-hydrogen) atoms. The third-order valence-corrected chi connectivity index (χ3v) is 15.5. The van der Waals surface area contributed by atoms with Gasteiger partial charge in [-0.15, -0.1) is 5.10 Å². The van der Waals surface area contributed by atoms with Gasteiger partial charge in [0.2, 0.25) is 0 Å². The van der Waals surface area contributed by atoms with Gasteiger partial charge in [-0.2, -0.15) is 0 Å². The predicted octanol–water partition coefficient (Wildman–Crippen LogP) is 7.16. The maximum absolute atomic E-state index is 15.0. The number of benzene rings is 4. The van der Waals surface area contributed by atoms with Crippen LogP contribution in [0.3, 0.4) is 0 Å². The summed E-state index contributed by atoms with van der Waals surface area (Å²) in [6.45, 7) is 7.48. The zero-order chi connectivity index (χ0) is 34.3. The van der Waals surface area contributed by atoms with Gasteiger partial charge in [0, 0.05) is 34.4 Å². The van der Waals surface area contributed by atoms with Crippen molar-refractivity contribution in [1.29, 1.82) is 0 Å². The summed E-state index contributed by atoms with van der Waals surface area (Å²) in [4.78, 5) is 16.8. The van der Waals surface area contributed by atoms with Crippen molar-refractivity contribution in [1.82, 2.24) is 15.0 Å². The van der Waals surface area contributed by atoms with Crippen LogP contribution in [0.2, 0.25) is 18.6 Å². The van der Waals surface area contributed by atoms with Gasteiger partial charge in [0.05, 0.1) is 45.2 Å². The number of ether oxygens (including phenoxy) is 2. The number of hydrogen-bond donors (Lipinski definition) is 1. The van der Waals surface area contributed by atoms with E-state index in [0.29, 0.717) is 13.0 Å². The molecule has 1 aromatic heterocycles. The highest BCUT2D eigenvalue weighted by Crippen LogP contribution is 2.61. The lowest BCUT2D eigenvalue weighted by molar-refractivity contribution is -0.145. The van der Waals surface area contributed by atoms with E-state index in [2.05, 4.69) is 64.5 Å². The topological polar surface area (TPSA) is 89.7 Å². The van der Waals surface area contributed by atoms with Gasteiger partial charge in [0.25, 0.3) is 5.91 Å². The third kappa shape index (κ3) is 5.74. The molecule has 5 aromatic rings. The van der Waals surface area contributed by atoms with Crippen LogP contribution in [0, 0.1) is 5.92 Å². The van der Waals surface area contributed by atoms with E-state index in [1.54, 1.807) is 7.11 Å². The molecule has 1 fully saturated rings. The number of rotatable bonds is 10. The molecule has 1 amide bonds. The van der Waals surface area contributed by atoms with E-state index in [0.717, 1.165) is 38.4 Å². The van der Waals surface area contributed by atoms with Crippen LogP contribution in [0.5, 0.6) is 5.75 Å². The SMILES string of the molecule is COc1ccc([Si](C)(C)[C@H]2[C@H](CCn3cc(C(CO)c4ccccc4)nn3)O[C@@]3(C(=O)N(c4ccccc4)c4ccc(Br)cc43)[C@@H]2C)cc1. The van der Waals surface area contributed by atoms with Crippen LogP contribution in [0.1, 0.15) is 36.1 Å². The fourth-order valence-electron chi connectivity index (χ4n) is 8.21. The molecule has 0 bridgehead atoms. The normalized spacial score (nSPS) is 22.4. The molecule has 8 nitrogen and oxygen atoms in total. The standard InChI is InChI=1S/C39H41BrN4O4Si/c1-26-37(49(3,4)31-18-16-30(47-2)17-19-31)36(21-22-43-24-34(41-42-43)32(25-45)27-11-7-5-8-12-27)48-39(26)33-23-28(40)15-20-35(33)44(38(39)46)29-13-9-6-10-14-29/h5-20,23-24,26,32,36-37,45H,21-22,25H2,1-4H3/t26-,32?,36+,37-,39+/m1/s1. The Labute approximate surface area is 296 Å². The first-order valence-electron chi connectivity index (χ1n) is 16.8. The van der Waals surface area contributed by atoms with Crippen LogP contribution >= 0.6 is 15.9 Å². The summed E-state index contributed by atoms with van der Waals surface area (Å²) in [5, 5.41) is 20.5. The fourth-order valence-corrected chi connectivity index (χ4v) is 12.6. The Balaban J connectivity index is 1.27. The van der Waals surface area contributed by atoms with Gasteiger partial charge in [-0.05, 0) is 60.0 Å². The Hall–Kier alpha value is -4.09. The molecule has 1 spiro atoms. The number of para-hydroxylation sites is 1. The molecule has 1 N–H and O–H groups in total. The number of hydrogen-bond acceptors (Lipinski definition) is 6. The van der Waals surface area contributed by atoms with Gasteiger partial charge in [0.15, 0.2) is 5.60 Å². The summed E-state index contributed by atoms with van der Waals surface area (Å²) in [7, 11) is -0.627. The van der Waals surface area contributed by atoms with Crippen molar-refractivity contribution < 1.29 is 19.4 Å². The summed E-state index contributed by atoms with van der Waals surface area (Å²) >= 11 is 3.70. The molecule has 2 aliphatic rings. The number of amides is 1. The van der Waals surface area contributed by atoms with Crippen molar-refractivity contribution in [2.75, 3.05) is 18.6 Å². The monoisotopic (exact) mass is 736 g/mol. The second-order valence-electron chi connectivity index (χ2n) is 13.6. The minimum atomic E-state index is -2.31. The summed E-state index contributed by atoms with van der Waals surface area (Å²) in [6.07, 6.45) is 2.33. The highest BCUT2D eigenvalue weighted by atomic mass is 79.9. The number of nitrogens with zero attached hydrogens (tertiary/aromatic N) is 4. The van der Waals surface area contributed by atoms with Crippen LogP contribution < -0.4 is 14.8 Å². The van der Waals surface area contributed by atoms with E-state index < -0.39 is 13.7 Å². The Morgan fingerprint density at radius 2 is 1.69 bits per heavy atom. The Morgan fingerprint density at radius 1 is 1.00 bits per heavy atom. The van der Waals surface area contributed by atoms with Crippen LogP contribution in [0.15, 0.2) is 114 Å². The van der Waals surface area contributed by atoms with E-state index in [4.69, 9.17) is 9.47 Å². The minimum Gasteiger partial charge on any atom is -0.497 e. The number of fused-ring (bicyclic) bond motifs is 2. The second-order valence-corrected chi connectivity index (χ2v) is 19.2. The average Bonchev–Trinajstić information content (AvgIpc) is 3.78. The first-order valence-corrected chi connectivity index (χ1v) is 20.6. The maximum atomic E-state index is 15.0. The van der Waals surface area contributed by atoms with Crippen molar-refractivity contribution in [3.05, 3.63) is 131 Å². The van der Waals surface area contributed by atoms with Crippen LogP contribution in [-0.4, -0.2) is 53.9 Å². The third-order valence-electron chi connectivity index (χ3n) is 10.7. The number of aliphatic hydroxyl groups is 1. The van der Waals surface area contributed by atoms with E-state index in [-0.39, 0.29) is 36.0 Å². The quantitative estimate of drug-likeness (QED) is 0.153. The van der Waals surface area contributed by atoms with Crippen molar-refractivity contribution >= 4 is 46.5 Å². The largest absolute Gasteiger partial charge is 0.497 e. The molecular formula is C39H41BrN4O4Si. The second kappa shape index (κ2) is 13.3. The zero-order valence-electron chi connectivity index (χ0n) is 28.2. The predicted molar refractivity (Wildman–Crippen MR) is 197 cm³/mol. The number of methoxy groups -OCH3 is 1. The van der Waals surface area contributed by atoms with E-state index >= 15 is 4.79 Å². The maximum Gasteiger partial charge on any atom is 0.268 e. The Bertz CT molecular complexity index is 1940. The molecule has 10 heteroatoms. The molecule has 2 aliphatic heterocycles. The molecule has 3 heterocycles. The van der Waals surface area contributed by atoms with Crippen molar-refractivity contribution in [3.8, 4) is 5.75 Å². The van der Waals surface area contributed by atoms with Crippen molar-refractivity contribution in [2.24, 2.45) is 5.92 Å². The molecule has 0 aliphatic carbocycles. The summed E-state index contributed by atoms with van der Waals surface area (Å²) < 4.78 is 15.5. The van der Waals surface area contributed by atoms with Gasteiger partial charge in [0.1, 0.15) is 5.75 Å². The van der Waals surface area contributed by atoms with Crippen LogP contribution in [0.4, 0.5) is 11.4 Å². The number of aryl methyl sites for hydroxylation is 1. The van der Waals surface area contributed by atoms with Crippen molar-refractivity contribution in [2.45, 2.75) is 56.1 Å². The first-order chi connectivity index (χ1) is 23.7. The van der Waals surface area contributed by atoms with Crippen LogP contribution in [0.25, 0.3) is 0 Å². The smallest absolute Gasteiger partial charge is 0.268 e. The number of halogens is 1. The summed E-state index contributed by atoms with van der Waals surface area (Å²) in [5.74, 6) is 0.381. The minimum absolute atomic E-state index is 0.0528. The lowest BCUT2D eigenvalue weighted by Gasteiger charge is -2.37. The van der Waals surface area contributed by atoms with Gasteiger partial charge in [-0.25, -0.2) is 0 Å². The molecular weight excluding hydrogens is 696 g/mol. The number of anilines is 2. The van der Waals surface area contributed by atoms with E-state index in [1.165, 1.54) is 5.19 Å². The van der Waals surface area contributed by atoms with Crippen LogP contribution in [-0.2, 0) is 21.7 Å². The van der Waals surface area contributed by atoms with Gasteiger partial charge < -0.3 is 14.6 Å². The molecule has 1 saturated heterocycles. The molecule has 0 radical (unpaired) electrons.